The summed E-state index contributed by atoms with van der Waals surface area (Å²) in [7, 11) is 0. The van der Waals surface area contributed by atoms with Crippen LogP contribution in [0.1, 0.15) is 23.7 Å². The Bertz CT molecular complexity index is 883. The Morgan fingerprint density at radius 3 is 2.78 bits per heavy atom. The number of carbonyl (C=O) groups is 2. The van der Waals surface area contributed by atoms with Crippen LogP contribution in [0.5, 0.6) is 5.75 Å². The van der Waals surface area contributed by atoms with E-state index in [4.69, 9.17) is 0 Å². The molecule has 2 amide bonds. The molecule has 9 heteroatoms. The van der Waals surface area contributed by atoms with E-state index in [1.54, 1.807) is 18.2 Å². The van der Waals surface area contributed by atoms with Gasteiger partial charge in [0.15, 0.2) is 0 Å². The van der Waals surface area contributed by atoms with Gasteiger partial charge in [-0.1, -0.05) is 12.1 Å². The number of benzene rings is 2. The van der Waals surface area contributed by atoms with E-state index < -0.39 is 12.1 Å². The van der Waals surface area contributed by atoms with Crippen LogP contribution < -0.4 is 26.4 Å². The first-order valence-corrected chi connectivity index (χ1v) is 8.18. The average molecular weight is 376 g/mol. The highest BCUT2D eigenvalue weighted by atomic mass is 19.3. The van der Waals surface area contributed by atoms with Gasteiger partial charge in [-0.3, -0.25) is 9.59 Å². The number of rotatable bonds is 4. The second-order valence-corrected chi connectivity index (χ2v) is 6.17. The van der Waals surface area contributed by atoms with E-state index in [1.165, 1.54) is 24.3 Å². The van der Waals surface area contributed by atoms with Gasteiger partial charge < -0.3 is 20.7 Å². The Labute approximate surface area is 153 Å². The van der Waals surface area contributed by atoms with Crippen molar-refractivity contribution in [2.75, 3.05) is 16.0 Å². The molecule has 1 heterocycles. The Morgan fingerprint density at radius 1 is 1.30 bits per heavy atom. The highest BCUT2D eigenvalue weighted by Gasteiger charge is 2.25. The summed E-state index contributed by atoms with van der Waals surface area (Å²) >= 11 is 0. The van der Waals surface area contributed by atoms with E-state index in [0.29, 0.717) is 16.9 Å². The maximum absolute atomic E-state index is 12.8. The number of carbonyl (C=O) groups excluding carboxylic acids is 2. The summed E-state index contributed by atoms with van der Waals surface area (Å²) in [6.07, 6.45) is -3.56. The van der Waals surface area contributed by atoms with Gasteiger partial charge in [-0.15, -0.1) is 8.78 Å². The van der Waals surface area contributed by atoms with Crippen LogP contribution in [0.4, 0.5) is 25.8 Å². The van der Waals surface area contributed by atoms with Crippen LogP contribution in [0, 0.1) is 0 Å². The van der Waals surface area contributed by atoms with Gasteiger partial charge in [0, 0.05) is 24.2 Å². The number of anilines is 3. The van der Waals surface area contributed by atoms with Crippen LogP contribution in [0.25, 0.3) is 0 Å². The molecule has 0 aliphatic carbocycles. The third-order valence-electron chi connectivity index (χ3n) is 3.81. The van der Waals surface area contributed by atoms with Gasteiger partial charge in [0.05, 0.1) is 16.9 Å². The smallest absolute Gasteiger partial charge is 0.420 e. The zero-order chi connectivity index (χ0) is 19.6. The van der Waals surface area contributed by atoms with Gasteiger partial charge in [-0.25, -0.2) is 5.73 Å². The predicted octanol–water partition coefficient (Wildman–Crippen LogP) is 2.97. The lowest BCUT2D eigenvalue weighted by Crippen LogP contribution is -2.35. The van der Waals surface area contributed by atoms with Crippen LogP contribution in [0.3, 0.4) is 0 Å². The van der Waals surface area contributed by atoms with Gasteiger partial charge in [-0.2, -0.15) is 0 Å². The largest absolute Gasteiger partial charge is 0.466 e. The number of hydrogen-bond acceptors (Lipinski definition) is 5. The van der Waals surface area contributed by atoms with E-state index >= 15 is 0 Å². The minimum absolute atomic E-state index is 0.154. The monoisotopic (exact) mass is 376 g/mol. The van der Waals surface area contributed by atoms with Gasteiger partial charge in [0.1, 0.15) is 5.75 Å². The number of halogens is 2. The van der Waals surface area contributed by atoms with Gasteiger partial charge in [0.2, 0.25) is 5.91 Å². The summed E-state index contributed by atoms with van der Waals surface area (Å²) in [4.78, 5) is 24.5. The number of alkyl halides is 2. The fourth-order valence-corrected chi connectivity index (χ4v) is 2.77. The summed E-state index contributed by atoms with van der Waals surface area (Å²) in [5.41, 5.74) is 6.09. The third-order valence-corrected chi connectivity index (χ3v) is 3.81. The number of fused-ring (bicyclic) bond motifs is 1. The molecule has 0 spiro atoms. The SMILES string of the molecule is CC1CC(=O)Nc2cccc(C(=O)Nc3cccc(OC(N)(F)F)c3)c2N1. The van der Waals surface area contributed by atoms with Crippen LogP contribution in [-0.2, 0) is 4.79 Å². The van der Waals surface area contributed by atoms with Crippen molar-refractivity contribution in [2.45, 2.75) is 25.6 Å². The molecule has 2 aromatic rings. The fourth-order valence-electron chi connectivity index (χ4n) is 2.77. The summed E-state index contributed by atoms with van der Waals surface area (Å²) in [6, 6.07) is 10.3. The molecule has 0 aromatic heterocycles. The lowest BCUT2D eigenvalue weighted by atomic mass is 10.1. The topological polar surface area (TPSA) is 105 Å². The van der Waals surface area contributed by atoms with E-state index in [0.717, 1.165) is 0 Å². The number of hydrogen-bond donors (Lipinski definition) is 4. The Kier molecular flexibility index (Phi) is 4.95. The summed E-state index contributed by atoms with van der Waals surface area (Å²) < 4.78 is 29.9. The predicted molar refractivity (Wildman–Crippen MR) is 96.9 cm³/mol. The highest BCUT2D eigenvalue weighted by Crippen LogP contribution is 2.31. The molecule has 142 valence electrons. The van der Waals surface area contributed by atoms with Crippen molar-refractivity contribution in [1.82, 2.24) is 0 Å². The first-order chi connectivity index (χ1) is 12.7. The Morgan fingerprint density at radius 2 is 2.04 bits per heavy atom. The molecule has 0 radical (unpaired) electrons. The van der Waals surface area contributed by atoms with Gasteiger partial charge in [-0.05, 0) is 31.2 Å². The maximum atomic E-state index is 12.8. The highest BCUT2D eigenvalue weighted by molar-refractivity contribution is 6.11. The molecular formula is C18H18F2N4O3. The number of nitrogens with one attached hydrogen (secondary N) is 3. The molecule has 1 atom stereocenters. The quantitative estimate of drug-likeness (QED) is 0.485. The third kappa shape index (κ3) is 4.70. The number of ether oxygens (including phenoxy) is 1. The Balaban J connectivity index is 1.85. The molecule has 3 rings (SSSR count). The molecule has 1 unspecified atom stereocenters. The molecule has 1 aliphatic heterocycles. The maximum Gasteiger partial charge on any atom is 0.466 e. The lowest BCUT2D eigenvalue weighted by molar-refractivity contribution is -0.170. The van der Waals surface area contributed by atoms with Crippen molar-refractivity contribution in [3.8, 4) is 5.75 Å². The van der Waals surface area contributed by atoms with Gasteiger partial charge in [0.25, 0.3) is 5.91 Å². The van der Waals surface area contributed by atoms with Gasteiger partial charge >= 0.3 is 6.23 Å². The van der Waals surface area contributed by atoms with E-state index in [-0.39, 0.29) is 29.8 Å². The van der Waals surface area contributed by atoms with Crippen LogP contribution in [-0.4, -0.2) is 24.1 Å². The number of amides is 2. The minimum atomic E-state index is -3.82. The van der Waals surface area contributed by atoms with Crippen LogP contribution in [0.15, 0.2) is 42.5 Å². The molecule has 0 saturated heterocycles. The molecule has 27 heavy (non-hydrogen) atoms. The van der Waals surface area contributed by atoms with Crippen molar-refractivity contribution >= 4 is 28.9 Å². The molecule has 2 aromatic carbocycles. The summed E-state index contributed by atoms with van der Waals surface area (Å²) in [5, 5.41) is 8.52. The van der Waals surface area contributed by atoms with Crippen molar-refractivity contribution in [3.05, 3.63) is 48.0 Å². The molecule has 0 bridgehead atoms. The molecule has 5 N–H and O–H groups in total. The van der Waals surface area contributed by atoms with Crippen LogP contribution >= 0.6 is 0 Å². The lowest BCUT2D eigenvalue weighted by Gasteiger charge is -2.17. The first-order valence-electron chi connectivity index (χ1n) is 8.18. The van der Waals surface area contributed by atoms with Crippen molar-refractivity contribution in [1.29, 1.82) is 0 Å². The molecule has 7 nitrogen and oxygen atoms in total. The molecule has 1 aliphatic rings. The van der Waals surface area contributed by atoms with E-state index in [9.17, 15) is 18.4 Å². The zero-order valence-electron chi connectivity index (χ0n) is 14.4. The van der Waals surface area contributed by atoms with Crippen LogP contribution in [0.2, 0.25) is 0 Å². The normalized spacial score (nSPS) is 16.4. The fraction of sp³-hybridized carbons (Fsp3) is 0.222. The first kappa shape index (κ1) is 18.6. The van der Waals surface area contributed by atoms with Crippen molar-refractivity contribution in [3.63, 3.8) is 0 Å². The number of nitrogens with two attached hydrogens (primary N) is 1. The van der Waals surface area contributed by atoms with E-state index in [2.05, 4.69) is 26.4 Å². The van der Waals surface area contributed by atoms with Crippen molar-refractivity contribution in [2.24, 2.45) is 5.73 Å². The second kappa shape index (κ2) is 7.20. The van der Waals surface area contributed by atoms with E-state index in [1.807, 2.05) is 6.92 Å². The molecular weight excluding hydrogens is 358 g/mol. The molecule has 0 saturated carbocycles. The Hall–Kier alpha value is -3.20. The summed E-state index contributed by atoms with van der Waals surface area (Å²) in [5.74, 6) is -0.815. The average Bonchev–Trinajstić information content (AvgIpc) is 2.69. The summed E-state index contributed by atoms with van der Waals surface area (Å²) in [6.45, 7) is 1.83. The second-order valence-electron chi connectivity index (χ2n) is 6.17. The van der Waals surface area contributed by atoms with Crippen molar-refractivity contribution < 1.29 is 23.1 Å². The molecule has 0 fully saturated rings. The standard InChI is InChI=1S/C18H18F2N4O3/c1-10-8-15(25)24-14-7-3-6-13(16(14)22-10)17(26)23-11-4-2-5-12(9-11)27-18(19,20)21/h2-7,9-10,22H,8,21H2,1H3,(H,23,26)(H,24,25). The zero-order valence-corrected chi connectivity index (χ0v) is 14.4. The number of para-hydroxylation sites is 1. The minimum Gasteiger partial charge on any atom is -0.420 e.